The van der Waals surface area contributed by atoms with E-state index in [1.54, 1.807) is 35.2 Å². The van der Waals surface area contributed by atoms with Gasteiger partial charge in [0.15, 0.2) is 5.65 Å². The van der Waals surface area contributed by atoms with Crippen LogP contribution in [0.5, 0.6) is 0 Å². The quantitative estimate of drug-likeness (QED) is 0.143. The fraction of sp³-hybridized carbons (Fsp3) is 0.367. The molecule has 1 saturated heterocycles. The first-order chi connectivity index (χ1) is 20.8. The summed E-state index contributed by atoms with van der Waals surface area (Å²) >= 11 is 1.41. The molecule has 226 valence electrons. The van der Waals surface area contributed by atoms with Crippen molar-refractivity contribution in [3.05, 3.63) is 83.9 Å². The van der Waals surface area contributed by atoms with E-state index < -0.39 is 12.1 Å². The Morgan fingerprint density at radius 3 is 2.16 bits per heavy atom. The number of halogens is 2. The van der Waals surface area contributed by atoms with Crippen molar-refractivity contribution < 1.29 is 28.2 Å². The number of ether oxygens (including phenoxy) is 1. The van der Waals surface area contributed by atoms with E-state index in [0.29, 0.717) is 54.7 Å². The number of hydrogen-bond donors (Lipinski definition) is 1. The van der Waals surface area contributed by atoms with Gasteiger partial charge >= 0.3 is 11.9 Å². The second-order valence-corrected chi connectivity index (χ2v) is 11.3. The molecule has 0 aliphatic carbocycles. The summed E-state index contributed by atoms with van der Waals surface area (Å²) in [5.41, 5.74) is 2.98. The van der Waals surface area contributed by atoms with E-state index in [0.717, 1.165) is 11.1 Å². The molecule has 1 atom stereocenters. The molecule has 43 heavy (non-hydrogen) atoms. The first-order valence-electron chi connectivity index (χ1n) is 13.9. The Labute approximate surface area is 251 Å². The van der Waals surface area contributed by atoms with E-state index in [-0.39, 0.29) is 36.6 Å². The van der Waals surface area contributed by atoms with Crippen LogP contribution in [0.15, 0.2) is 66.2 Å². The molecule has 2 aromatic heterocycles. The lowest BCUT2D eigenvalue weighted by atomic mass is 9.96. The molecule has 10 nitrogen and oxygen atoms in total. The first-order valence-corrected chi connectivity index (χ1v) is 14.9. The van der Waals surface area contributed by atoms with Crippen molar-refractivity contribution in [2.45, 2.75) is 37.1 Å². The number of benzene rings is 2. The van der Waals surface area contributed by atoms with Crippen molar-refractivity contribution in [3.63, 3.8) is 0 Å². The van der Waals surface area contributed by atoms with Gasteiger partial charge in [0.2, 0.25) is 0 Å². The van der Waals surface area contributed by atoms with Crippen molar-refractivity contribution in [2.75, 3.05) is 38.5 Å². The van der Waals surface area contributed by atoms with Gasteiger partial charge < -0.3 is 14.4 Å². The second kappa shape index (κ2) is 14.0. The SMILES string of the molecule is CC(=O)OC(CSc1ncnc2c1ncn2CCC(=O)O)CN1CCN(C(c2ccc(F)cc2)c2ccc(F)cc2)CC1. The van der Waals surface area contributed by atoms with E-state index in [1.165, 1.54) is 49.3 Å². The highest BCUT2D eigenvalue weighted by atomic mass is 32.2. The standard InChI is InChI=1S/C30H32F2N6O4S/c1-20(39)42-25(17-43-30-27-29(33-18-34-30)38(19-35-27)11-10-26(40)41)16-36-12-14-37(15-13-36)28(21-2-6-23(31)7-3-21)22-4-8-24(32)9-5-22/h2-9,18-19,25,28H,10-17H2,1H3,(H,40,41). The topological polar surface area (TPSA) is 114 Å². The molecule has 1 aliphatic heterocycles. The molecule has 1 fully saturated rings. The van der Waals surface area contributed by atoms with Crippen molar-refractivity contribution >= 4 is 34.9 Å². The highest BCUT2D eigenvalue weighted by Gasteiger charge is 2.28. The van der Waals surface area contributed by atoms with Gasteiger partial charge in [-0.05, 0) is 35.4 Å². The fourth-order valence-corrected chi connectivity index (χ4v) is 6.19. The van der Waals surface area contributed by atoms with Crippen LogP contribution in [0.4, 0.5) is 8.78 Å². The summed E-state index contributed by atoms with van der Waals surface area (Å²) in [5, 5.41) is 9.64. The van der Waals surface area contributed by atoms with Crippen LogP contribution in [0.2, 0.25) is 0 Å². The van der Waals surface area contributed by atoms with E-state index in [4.69, 9.17) is 9.84 Å². The first kappa shape index (κ1) is 30.5. The summed E-state index contributed by atoms with van der Waals surface area (Å²) in [6.07, 6.45) is 2.52. The third-order valence-corrected chi connectivity index (χ3v) is 8.39. The van der Waals surface area contributed by atoms with Crippen LogP contribution in [0.1, 0.15) is 30.5 Å². The average Bonchev–Trinajstić information content (AvgIpc) is 3.41. The predicted octanol–water partition coefficient (Wildman–Crippen LogP) is 4.01. The molecule has 0 saturated carbocycles. The minimum atomic E-state index is -0.906. The molecule has 13 heteroatoms. The van der Waals surface area contributed by atoms with Crippen LogP contribution in [0.25, 0.3) is 11.2 Å². The molecule has 0 spiro atoms. The van der Waals surface area contributed by atoms with E-state index in [9.17, 15) is 18.4 Å². The van der Waals surface area contributed by atoms with Crippen molar-refractivity contribution in [1.82, 2.24) is 29.3 Å². The molecule has 4 aromatic rings. The summed E-state index contributed by atoms with van der Waals surface area (Å²) in [5.74, 6) is -1.45. The predicted molar refractivity (Wildman–Crippen MR) is 157 cm³/mol. The molecule has 5 rings (SSSR count). The van der Waals surface area contributed by atoms with Crippen LogP contribution in [0.3, 0.4) is 0 Å². The van der Waals surface area contributed by atoms with Crippen LogP contribution in [-0.2, 0) is 20.9 Å². The Balaban J connectivity index is 1.23. The number of piperazine rings is 1. The lowest BCUT2D eigenvalue weighted by Crippen LogP contribution is -2.50. The Morgan fingerprint density at radius 2 is 1.58 bits per heavy atom. The van der Waals surface area contributed by atoms with Gasteiger partial charge in [0, 0.05) is 51.9 Å². The van der Waals surface area contributed by atoms with Gasteiger partial charge in [-0.15, -0.1) is 11.8 Å². The number of aryl methyl sites for hydroxylation is 1. The van der Waals surface area contributed by atoms with E-state index in [2.05, 4.69) is 24.8 Å². The summed E-state index contributed by atoms with van der Waals surface area (Å²) in [4.78, 5) is 40.5. The molecular formula is C30H32F2N6O4S. The third-order valence-electron chi connectivity index (χ3n) is 7.28. The zero-order valence-electron chi connectivity index (χ0n) is 23.6. The average molecular weight is 611 g/mol. The number of carbonyl (C=O) groups excluding carboxylic acids is 1. The molecule has 3 heterocycles. The van der Waals surface area contributed by atoms with Crippen molar-refractivity contribution in [2.24, 2.45) is 0 Å². The number of aromatic nitrogens is 4. The molecule has 0 amide bonds. The smallest absolute Gasteiger partial charge is 0.305 e. The number of thioether (sulfide) groups is 1. The monoisotopic (exact) mass is 610 g/mol. The number of carboxylic acids is 1. The number of imidazole rings is 1. The van der Waals surface area contributed by atoms with Crippen LogP contribution in [-0.4, -0.2) is 90.9 Å². The molecule has 1 unspecified atom stereocenters. The van der Waals surface area contributed by atoms with Crippen LogP contribution < -0.4 is 0 Å². The van der Waals surface area contributed by atoms with E-state index >= 15 is 0 Å². The summed E-state index contributed by atoms with van der Waals surface area (Å²) in [6, 6.07) is 12.7. The maximum Gasteiger partial charge on any atom is 0.305 e. The minimum absolute atomic E-state index is 0.0473. The minimum Gasteiger partial charge on any atom is -0.481 e. The number of nitrogens with zero attached hydrogens (tertiary/aromatic N) is 6. The molecule has 0 bridgehead atoms. The zero-order chi connectivity index (χ0) is 30.3. The van der Waals surface area contributed by atoms with Gasteiger partial charge in [-0.3, -0.25) is 19.4 Å². The highest BCUT2D eigenvalue weighted by Crippen LogP contribution is 2.30. The highest BCUT2D eigenvalue weighted by molar-refractivity contribution is 7.99. The van der Waals surface area contributed by atoms with Crippen molar-refractivity contribution in [1.29, 1.82) is 0 Å². The number of carboxylic acid groups (broad SMARTS) is 1. The largest absolute Gasteiger partial charge is 0.481 e. The van der Waals surface area contributed by atoms with Crippen LogP contribution >= 0.6 is 11.8 Å². The van der Waals surface area contributed by atoms with Crippen LogP contribution in [0, 0.1) is 11.6 Å². The maximum absolute atomic E-state index is 13.7. The Bertz CT molecular complexity index is 1500. The number of rotatable bonds is 12. The Hall–Kier alpha value is -3.94. The molecule has 1 aliphatic rings. The molecule has 1 N–H and O–H groups in total. The van der Waals surface area contributed by atoms with Gasteiger partial charge in [0.25, 0.3) is 0 Å². The van der Waals surface area contributed by atoms with Gasteiger partial charge in [-0.25, -0.2) is 23.7 Å². The zero-order valence-corrected chi connectivity index (χ0v) is 24.4. The maximum atomic E-state index is 13.7. The lowest BCUT2D eigenvalue weighted by molar-refractivity contribution is -0.146. The van der Waals surface area contributed by atoms with Gasteiger partial charge in [0.05, 0.1) is 18.8 Å². The number of aliphatic carboxylic acids is 1. The third kappa shape index (κ3) is 7.92. The number of fused-ring (bicyclic) bond motifs is 1. The van der Waals surface area contributed by atoms with Crippen molar-refractivity contribution in [3.8, 4) is 0 Å². The Kier molecular flexibility index (Phi) is 9.95. The summed E-state index contributed by atoms with van der Waals surface area (Å²) in [6.45, 7) is 5.01. The molecule has 0 radical (unpaired) electrons. The van der Waals surface area contributed by atoms with E-state index in [1.807, 2.05) is 0 Å². The number of carbonyl (C=O) groups is 2. The summed E-state index contributed by atoms with van der Waals surface area (Å²) < 4.78 is 34.7. The second-order valence-electron chi connectivity index (χ2n) is 10.3. The normalized spacial score (nSPS) is 15.2. The molecular weight excluding hydrogens is 578 g/mol. The Morgan fingerprint density at radius 1 is 0.953 bits per heavy atom. The molecule has 2 aromatic carbocycles. The lowest BCUT2D eigenvalue weighted by Gasteiger charge is -2.40. The van der Waals surface area contributed by atoms with Gasteiger partial charge in [0.1, 0.15) is 34.6 Å². The fourth-order valence-electron chi connectivity index (χ4n) is 5.27. The number of hydrogen-bond acceptors (Lipinski definition) is 9. The summed E-state index contributed by atoms with van der Waals surface area (Å²) in [7, 11) is 0. The number of esters is 1. The van der Waals surface area contributed by atoms with Gasteiger partial charge in [-0.2, -0.15) is 0 Å². The van der Waals surface area contributed by atoms with Gasteiger partial charge in [-0.1, -0.05) is 24.3 Å².